The van der Waals surface area contributed by atoms with Gasteiger partial charge >= 0.3 is 0 Å². The smallest absolute Gasteiger partial charge is 0.231 e. The molecule has 0 amide bonds. The third kappa shape index (κ3) is 1.77. The number of fused-ring (bicyclic) bond motifs is 1. The first kappa shape index (κ1) is 10.9. The standard InChI is InChI=1S/C14H15N3O2/c15-10-3-9(4-10)14-16-6-11(17-14)8-1-2-12-13(5-8)19-7-18-12/h1-2,5-6,9-10H,3-4,7,15H2,(H,16,17). The Bertz CT molecular complexity index is 617. The summed E-state index contributed by atoms with van der Waals surface area (Å²) in [7, 11) is 0. The molecule has 4 rings (SSSR count). The summed E-state index contributed by atoms with van der Waals surface area (Å²) < 4.78 is 10.7. The summed E-state index contributed by atoms with van der Waals surface area (Å²) in [5.41, 5.74) is 7.88. The van der Waals surface area contributed by atoms with Crippen molar-refractivity contribution in [3.63, 3.8) is 0 Å². The van der Waals surface area contributed by atoms with Crippen molar-refractivity contribution in [1.29, 1.82) is 0 Å². The van der Waals surface area contributed by atoms with Crippen LogP contribution in [0.25, 0.3) is 11.3 Å². The average molecular weight is 257 g/mol. The van der Waals surface area contributed by atoms with Crippen LogP contribution in [0.1, 0.15) is 24.6 Å². The minimum Gasteiger partial charge on any atom is -0.454 e. The first-order valence-corrected chi connectivity index (χ1v) is 6.50. The van der Waals surface area contributed by atoms with Gasteiger partial charge in [0.1, 0.15) is 5.82 Å². The van der Waals surface area contributed by atoms with Crippen molar-refractivity contribution >= 4 is 0 Å². The third-order valence-corrected chi connectivity index (χ3v) is 3.84. The van der Waals surface area contributed by atoms with E-state index in [0.717, 1.165) is 41.4 Å². The summed E-state index contributed by atoms with van der Waals surface area (Å²) >= 11 is 0. The van der Waals surface area contributed by atoms with Crippen molar-refractivity contribution in [3.8, 4) is 22.8 Å². The number of H-pyrrole nitrogens is 1. The molecular formula is C14H15N3O2. The number of imidazole rings is 1. The van der Waals surface area contributed by atoms with E-state index in [-0.39, 0.29) is 0 Å². The van der Waals surface area contributed by atoms with E-state index in [2.05, 4.69) is 9.97 Å². The van der Waals surface area contributed by atoms with Gasteiger partial charge in [0.05, 0.1) is 11.9 Å². The number of aromatic amines is 1. The van der Waals surface area contributed by atoms with Gasteiger partial charge in [-0.25, -0.2) is 4.98 Å². The second kappa shape index (κ2) is 3.99. The number of rotatable bonds is 2. The second-order valence-electron chi connectivity index (χ2n) is 5.18. The van der Waals surface area contributed by atoms with Crippen molar-refractivity contribution < 1.29 is 9.47 Å². The van der Waals surface area contributed by atoms with Gasteiger partial charge in [0.15, 0.2) is 11.5 Å². The highest BCUT2D eigenvalue weighted by Gasteiger charge is 2.29. The topological polar surface area (TPSA) is 73.2 Å². The molecule has 1 aliphatic carbocycles. The predicted octanol–water partition coefficient (Wildman–Crippen LogP) is 2.01. The molecule has 98 valence electrons. The molecule has 0 saturated heterocycles. The second-order valence-corrected chi connectivity index (χ2v) is 5.18. The predicted molar refractivity (Wildman–Crippen MR) is 70.1 cm³/mol. The number of benzene rings is 1. The van der Waals surface area contributed by atoms with Crippen LogP contribution in [0, 0.1) is 0 Å². The summed E-state index contributed by atoms with van der Waals surface area (Å²) in [6.45, 7) is 0.299. The molecule has 1 fully saturated rings. The van der Waals surface area contributed by atoms with E-state index in [1.165, 1.54) is 0 Å². The normalized spacial score (nSPS) is 24.3. The highest BCUT2D eigenvalue weighted by Crippen LogP contribution is 2.37. The lowest BCUT2D eigenvalue weighted by Gasteiger charge is -2.30. The van der Waals surface area contributed by atoms with Gasteiger partial charge in [-0.15, -0.1) is 0 Å². The van der Waals surface area contributed by atoms with E-state index in [1.807, 2.05) is 24.4 Å². The number of hydrogen-bond donors (Lipinski definition) is 2. The lowest BCUT2D eigenvalue weighted by Crippen LogP contribution is -2.35. The Hall–Kier alpha value is -2.01. The monoisotopic (exact) mass is 257 g/mol. The Labute approximate surface area is 110 Å². The lowest BCUT2D eigenvalue weighted by molar-refractivity contribution is 0.174. The molecule has 5 nitrogen and oxygen atoms in total. The minimum absolute atomic E-state index is 0.299. The molecule has 0 bridgehead atoms. The van der Waals surface area contributed by atoms with Gasteiger partial charge in [0.25, 0.3) is 0 Å². The third-order valence-electron chi connectivity index (χ3n) is 3.84. The summed E-state index contributed by atoms with van der Waals surface area (Å²) in [6.07, 6.45) is 3.92. The first-order valence-electron chi connectivity index (χ1n) is 6.50. The fourth-order valence-electron chi connectivity index (χ4n) is 2.64. The molecule has 19 heavy (non-hydrogen) atoms. The number of aromatic nitrogens is 2. The Balaban J connectivity index is 1.62. The zero-order valence-electron chi connectivity index (χ0n) is 10.4. The van der Waals surface area contributed by atoms with Crippen LogP contribution < -0.4 is 15.2 Å². The fourth-order valence-corrected chi connectivity index (χ4v) is 2.64. The molecule has 0 spiro atoms. The molecule has 1 aliphatic heterocycles. The van der Waals surface area contributed by atoms with E-state index in [9.17, 15) is 0 Å². The van der Waals surface area contributed by atoms with Gasteiger partial charge in [0, 0.05) is 17.5 Å². The average Bonchev–Trinajstić information content (AvgIpc) is 3.02. The number of nitrogens with one attached hydrogen (secondary N) is 1. The summed E-state index contributed by atoms with van der Waals surface area (Å²) in [5, 5.41) is 0. The van der Waals surface area contributed by atoms with Crippen molar-refractivity contribution in [2.24, 2.45) is 5.73 Å². The zero-order chi connectivity index (χ0) is 12.8. The minimum atomic E-state index is 0.299. The maximum atomic E-state index is 5.81. The molecule has 5 heteroatoms. The van der Waals surface area contributed by atoms with Crippen LogP contribution in [-0.2, 0) is 0 Å². The number of hydrogen-bond acceptors (Lipinski definition) is 4. The van der Waals surface area contributed by atoms with E-state index >= 15 is 0 Å². The van der Waals surface area contributed by atoms with Crippen LogP contribution in [0.4, 0.5) is 0 Å². The summed E-state index contributed by atoms with van der Waals surface area (Å²) in [6, 6.07) is 6.25. The van der Waals surface area contributed by atoms with Crippen LogP contribution >= 0.6 is 0 Å². The Morgan fingerprint density at radius 2 is 2.05 bits per heavy atom. The van der Waals surface area contributed by atoms with Crippen LogP contribution in [0.5, 0.6) is 11.5 Å². The highest BCUT2D eigenvalue weighted by atomic mass is 16.7. The quantitative estimate of drug-likeness (QED) is 0.863. The maximum Gasteiger partial charge on any atom is 0.231 e. The van der Waals surface area contributed by atoms with E-state index in [1.54, 1.807) is 0 Å². The van der Waals surface area contributed by atoms with Crippen molar-refractivity contribution in [3.05, 3.63) is 30.2 Å². The Morgan fingerprint density at radius 3 is 2.89 bits per heavy atom. The molecule has 2 heterocycles. The van der Waals surface area contributed by atoms with Crippen molar-refractivity contribution in [2.45, 2.75) is 24.8 Å². The van der Waals surface area contributed by atoms with Gasteiger partial charge in [0.2, 0.25) is 6.79 Å². The molecule has 2 aromatic rings. The number of nitrogens with zero attached hydrogens (tertiary/aromatic N) is 1. The molecule has 3 N–H and O–H groups in total. The lowest BCUT2D eigenvalue weighted by atomic mass is 9.80. The van der Waals surface area contributed by atoms with Crippen LogP contribution in [0.3, 0.4) is 0 Å². The summed E-state index contributed by atoms with van der Waals surface area (Å²) in [4.78, 5) is 7.84. The van der Waals surface area contributed by atoms with Crippen LogP contribution in [0.2, 0.25) is 0 Å². The van der Waals surface area contributed by atoms with Crippen LogP contribution in [-0.4, -0.2) is 22.8 Å². The molecule has 0 radical (unpaired) electrons. The molecule has 2 aliphatic rings. The van der Waals surface area contributed by atoms with E-state index in [0.29, 0.717) is 18.8 Å². The largest absolute Gasteiger partial charge is 0.454 e. The van der Waals surface area contributed by atoms with Gasteiger partial charge in [-0.1, -0.05) is 0 Å². The summed E-state index contributed by atoms with van der Waals surface area (Å²) in [5.74, 6) is 3.11. The first-order chi connectivity index (χ1) is 9.29. The zero-order valence-corrected chi connectivity index (χ0v) is 10.4. The number of nitrogens with two attached hydrogens (primary N) is 1. The molecule has 1 aromatic carbocycles. The van der Waals surface area contributed by atoms with Gasteiger partial charge < -0.3 is 20.2 Å². The Kier molecular flexibility index (Phi) is 2.29. The maximum absolute atomic E-state index is 5.81. The SMILES string of the molecule is NC1CC(c2ncc(-c3ccc4c(c3)OCO4)[nH]2)C1. The van der Waals surface area contributed by atoms with E-state index in [4.69, 9.17) is 15.2 Å². The molecule has 1 saturated carbocycles. The van der Waals surface area contributed by atoms with Crippen molar-refractivity contribution in [1.82, 2.24) is 9.97 Å². The molecule has 0 atom stereocenters. The molecule has 0 unspecified atom stereocenters. The molecule has 1 aromatic heterocycles. The van der Waals surface area contributed by atoms with Gasteiger partial charge in [-0.05, 0) is 31.0 Å². The van der Waals surface area contributed by atoms with E-state index < -0.39 is 0 Å². The van der Waals surface area contributed by atoms with Crippen LogP contribution in [0.15, 0.2) is 24.4 Å². The highest BCUT2D eigenvalue weighted by molar-refractivity contribution is 5.64. The number of ether oxygens (including phenoxy) is 2. The molecular weight excluding hydrogens is 242 g/mol. The van der Waals surface area contributed by atoms with Crippen molar-refractivity contribution in [2.75, 3.05) is 6.79 Å². The Morgan fingerprint density at radius 1 is 1.21 bits per heavy atom. The van der Waals surface area contributed by atoms with Gasteiger partial charge in [-0.3, -0.25) is 0 Å². The van der Waals surface area contributed by atoms with Gasteiger partial charge in [-0.2, -0.15) is 0 Å². The fraction of sp³-hybridized carbons (Fsp3) is 0.357.